The van der Waals surface area contributed by atoms with Crippen molar-refractivity contribution in [2.45, 2.75) is 32.1 Å². The van der Waals surface area contributed by atoms with Gasteiger partial charge in [-0.1, -0.05) is 172 Å². The quantitative estimate of drug-likeness (QED) is 0.171. The van der Waals surface area contributed by atoms with Crippen LogP contribution >= 0.6 is 11.3 Å². The molecule has 1 aromatic heterocycles. The molecule has 1 heterocycles. The van der Waals surface area contributed by atoms with Crippen LogP contribution in [0.3, 0.4) is 0 Å². The van der Waals surface area contributed by atoms with Gasteiger partial charge >= 0.3 is 0 Å². The Balaban J connectivity index is 1.06. The van der Waals surface area contributed by atoms with Crippen molar-refractivity contribution in [2.24, 2.45) is 0 Å². The lowest BCUT2D eigenvalue weighted by atomic mass is 9.82. The van der Waals surface area contributed by atoms with Crippen molar-refractivity contribution in [2.75, 3.05) is 4.90 Å². The van der Waals surface area contributed by atoms with Crippen molar-refractivity contribution < 1.29 is 0 Å². The highest BCUT2D eigenvalue weighted by atomic mass is 32.1. The summed E-state index contributed by atoms with van der Waals surface area (Å²) in [5.74, 6) is 0. The highest BCUT2D eigenvalue weighted by Gasteiger charge is 2.36. The van der Waals surface area contributed by atoms with Gasteiger partial charge in [0.15, 0.2) is 0 Å². The van der Waals surface area contributed by atoms with Gasteiger partial charge in [-0.3, -0.25) is 0 Å². The lowest BCUT2D eigenvalue weighted by Gasteiger charge is -2.29. The summed E-state index contributed by atoms with van der Waals surface area (Å²) >= 11 is 1.93. The van der Waals surface area contributed by atoms with Crippen molar-refractivity contribution in [1.29, 1.82) is 0 Å². The molecular formula is C59H43NS. The van der Waals surface area contributed by atoms with Gasteiger partial charge in [0.25, 0.3) is 0 Å². The second-order valence-corrected chi connectivity index (χ2v) is 18.3. The van der Waals surface area contributed by atoms with Crippen molar-refractivity contribution in [3.63, 3.8) is 0 Å². The number of anilines is 3. The molecule has 290 valence electrons. The van der Waals surface area contributed by atoms with Crippen molar-refractivity contribution in [3.05, 3.63) is 234 Å². The first-order valence-electron chi connectivity index (χ1n) is 21.4. The van der Waals surface area contributed by atoms with Crippen molar-refractivity contribution in [1.82, 2.24) is 0 Å². The molecule has 0 radical (unpaired) electrons. The lowest BCUT2D eigenvalue weighted by molar-refractivity contribution is 0.660. The van der Waals surface area contributed by atoms with E-state index in [-0.39, 0.29) is 5.41 Å². The highest BCUT2D eigenvalue weighted by molar-refractivity contribution is 7.26. The monoisotopic (exact) mass is 797 g/mol. The number of fused-ring (bicyclic) bond motifs is 13. The molecule has 0 saturated carbocycles. The molecule has 9 aromatic carbocycles. The number of thiophene rings is 1. The number of hydrogen-bond acceptors (Lipinski definition) is 2. The summed E-state index contributed by atoms with van der Waals surface area (Å²) in [5.41, 5.74) is 21.9. The smallest absolute Gasteiger partial charge is 0.0465 e. The molecule has 12 rings (SSSR count). The molecule has 0 bridgehead atoms. The van der Waals surface area contributed by atoms with E-state index >= 15 is 0 Å². The molecule has 0 saturated heterocycles. The van der Waals surface area contributed by atoms with Crippen LogP contribution in [0.5, 0.6) is 0 Å². The number of hydrogen-bond donors (Lipinski definition) is 0. The van der Waals surface area contributed by atoms with Crippen LogP contribution in [0.1, 0.15) is 47.2 Å². The van der Waals surface area contributed by atoms with E-state index in [4.69, 9.17) is 0 Å². The van der Waals surface area contributed by atoms with Gasteiger partial charge in [-0.15, -0.1) is 11.3 Å². The third kappa shape index (κ3) is 5.81. The normalized spacial score (nSPS) is 13.4. The molecule has 2 aliphatic rings. The minimum Gasteiger partial charge on any atom is -0.310 e. The molecule has 0 N–H and O–H groups in total. The molecule has 0 aliphatic heterocycles. The molecule has 61 heavy (non-hydrogen) atoms. The van der Waals surface area contributed by atoms with Crippen LogP contribution in [0.2, 0.25) is 0 Å². The third-order valence-corrected chi connectivity index (χ3v) is 14.6. The van der Waals surface area contributed by atoms with E-state index in [0.717, 1.165) is 29.9 Å². The summed E-state index contributed by atoms with van der Waals surface area (Å²) in [6.07, 6.45) is 1.67. The second-order valence-electron chi connectivity index (χ2n) is 17.2. The molecule has 1 nitrogen and oxygen atoms in total. The zero-order valence-electron chi connectivity index (χ0n) is 34.3. The van der Waals surface area contributed by atoms with Gasteiger partial charge in [-0.2, -0.15) is 0 Å². The Morgan fingerprint density at radius 2 is 0.967 bits per heavy atom. The number of rotatable bonds is 4. The van der Waals surface area contributed by atoms with Gasteiger partial charge < -0.3 is 4.90 Å². The van der Waals surface area contributed by atoms with Crippen molar-refractivity contribution >= 4 is 48.6 Å². The maximum atomic E-state index is 2.48. The van der Waals surface area contributed by atoms with E-state index < -0.39 is 0 Å². The van der Waals surface area contributed by atoms with E-state index in [9.17, 15) is 0 Å². The largest absolute Gasteiger partial charge is 0.310 e. The van der Waals surface area contributed by atoms with Crippen LogP contribution in [0, 0.1) is 0 Å². The Morgan fingerprint density at radius 1 is 0.393 bits per heavy atom. The SMILES string of the molecule is CC1(C)c2ccccc2-c2ccc(N(c3ccc(-c4ccccc4)cc3)c3ccc4c(c3)Cc3ccccc3-c3c(ccc5c3sc3ccccc35)Cc3ccccc3-4)cc21. The summed E-state index contributed by atoms with van der Waals surface area (Å²) in [6.45, 7) is 4.74. The molecule has 0 fully saturated rings. The van der Waals surface area contributed by atoms with Crippen molar-refractivity contribution in [3.8, 4) is 44.5 Å². The standard InChI is InChI=1S/C59H43NS/c1-59(2)54-22-12-10-20-50(54)51-33-30-46(37-55(51)59)60(44-27-24-39(25-28-44)38-14-4-3-5-15-38)45-29-32-48-43(36-45)35-41-17-7-9-19-49(41)57-42(34-40-16-6-8-18-47(40)48)26-31-53-52-21-11-13-23-56(52)61-58(53)57/h3-33,36-37H,34-35H2,1-2H3. The zero-order valence-corrected chi connectivity index (χ0v) is 35.1. The Kier molecular flexibility index (Phi) is 8.27. The minimum absolute atomic E-state index is 0.114. The maximum Gasteiger partial charge on any atom is 0.0465 e. The Labute approximate surface area is 361 Å². The second kappa shape index (κ2) is 14.0. The average molecular weight is 798 g/mol. The van der Waals surface area contributed by atoms with E-state index in [1.807, 2.05) is 11.3 Å². The molecule has 0 amide bonds. The molecule has 2 aliphatic carbocycles. The van der Waals surface area contributed by atoms with Crippen LogP contribution in [0.25, 0.3) is 64.7 Å². The zero-order chi connectivity index (χ0) is 40.7. The molecule has 10 aromatic rings. The average Bonchev–Trinajstić information content (AvgIpc) is 3.79. The molecule has 0 spiro atoms. The predicted octanol–water partition coefficient (Wildman–Crippen LogP) is 16.3. The van der Waals surface area contributed by atoms with Crippen LogP contribution < -0.4 is 4.90 Å². The van der Waals surface area contributed by atoms with Crippen LogP contribution in [-0.4, -0.2) is 0 Å². The van der Waals surface area contributed by atoms with Gasteiger partial charge in [0.2, 0.25) is 0 Å². The number of nitrogens with zero attached hydrogens (tertiary/aromatic N) is 1. The van der Waals surface area contributed by atoms with Gasteiger partial charge in [-0.05, 0) is 128 Å². The first-order chi connectivity index (χ1) is 30.0. The first-order valence-corrected chi connectivity index (χ1v) is 22.2. The predicted molar refractivity (Wildman–Crippen MR) is 260 cm³/mol. The van der Waals surface area contributed by atoms with Crippen LogP contribution in [-0.2, 0) is 18.3 Å². The third-order valence-electron chi connectivity index (χ3n) is 13.4. The van der Waals surface area contributed by atoms with Gasteiger partial charge in [0.1, 0.15) is 0 Å². The van der Waals surface area contributed by atoms with Gasteiger partial charge in [0, 0.05) is 48.2 Å². The Bertz CT molecular complexity index is 3330. The Morgan fingerprint density at radius 3 is 1.79 bits per heavy atom. The summed E-state index contributed by atoms with van der Waals surface area (Å²) < 4.78 is 2.72. The molecule has 0 unspecified atom stereocenters. The molecular weight excluding hydrogens is 755 g/mol. The summed E-state index contributed by atoms with van der Waals surface area (Å²) in [6, 6.07) is 75.0. The minimum atomic E-state index is -0.114. The summed E-state index contributed by atoms with van der Waals surface area (Å²) in [7, 11) is 0. The first kappa shape index (κ1) is 35.9. The number of benzene rings is 9. The fraction of sp³-hybridized carbons (Fsp3) is 0.0847. The fourth-order valence-electron chi connectivity index (χ4n) is 10.4. The fourth-order valence-corrected chi connectivity index (χ4v) is 11.7. The van der Waals surface area contributed by atoms with Crippen LogP contribution in [0.4, 0.5) is 17.1 Å². The van der Waals surface area contributed by atoms with E-state index in [1.165, 1.54) is 98.1 Å². The lowest BCUT2D eigenvalue weighted by Crippen LogP contribution is -2.16. The maximum absolute atomic E-state index is 2.48. The molecule has 2 heteroatoms. The highest BCUT2D eigenvalue weighted by Crippen LogP contribution is 2.51. The molecule has 0 atom stereocenters. The van der Waals surface area contributed by atoms with E-state index in [1.54, 1.807) is 0 Å². The van der Waals surface area contributed by atoms with E-state index in [0.29, 0.717) is 0 Å². The van der Waals surface area contributed by atoms with E-state index in [2.05, 4.69) is 219 Å². The Hall–Kier alpha value is -7.00. The van der Waals surface area contributed by atoms with Crippen LogP contribution in [0.15, 0.2) is 200 Å². The van der Waals surface area contributed by atoms with Gasteiger partial charge in [-0.25, -0.2) is 0 Å². The topological polar surface area (TPSA) is 3.24 Å². The summed E-state index contributed by atoms with van der Waals surface area (Å²) in [4.78, 5) is 2.47. The van der Waals surface area contributed by atoms with Gasteiger partial charge in [0.05, 0.1) is 0 Å². The summed E-state index contributed by atoms with van der Waals surface area (Å²) in [5, 5.41) is 2.68.